The molecule has 3 aromatic rings. The van der Waals surface area contributed by atoms with Gasteiger partial charge in [0.1, 0.15) is 0 Å². The fraction of sp³-hybridized carbons (Fsp3) is 0.136. The van der Waals surface area contributed by atoms with E-state index in [-0.39, 0.29) is 11.8 Å². The summed E-state index contributed by atoms with van der Waals surface area (Å²) in [6.45, 7) is 2.41. The van der Waals surface area contributed by atoms with Crippen molar-refractivity contribution >= 4 is 29.1 Å². The van der Waals surface area contributed by atoms with E-state index in [2.05, 4.69) is 15.6 Å². The number of aryl methyl sites for hydroxylation is 1. The van der Waals surface area contributed by atoms with E-state index in [0.717, 1.165) is 11.1 Å². The first kappa shape index (κ1) is 19.6. The maximum absolute atomic E-state index is 12.4. The zero-order valence-electron chi connectivity index (χ0n) is 15.4. The Morgan fingerprint density at radius 3 is 2.46 bits per heavy atom. The molecule has 28 heavy (non-hydrogen) atoms. The standard InChI is InChI=1S/C22H20ClN3O2/c1-15-4-2-7-20(10-15)26-22(28)18-12-17(13-24-14-18)21(27)25-9-8-16-5-3-6-19(23)11-16/h2-7,10-14H,8-9H2,1H3,(H,25,27)(H,26,28). The number of hydrogen-bond donors (Lipinski definition) is 2. The van der Waals surface area contributed by atoms with Crippen LogP contribution >= 0.6 is 11.6 Å². The fourth-order valence-electron chi connectivity index (χ4n) is 2.73. The summed E-state index contributed by atoms with van der Waals surface area (Å²) in [5, 5.41) is 6.32. The predicted molar refractivity (Wildman–Crippen MR) is 111 cm³/mol. The summed E-state index contributed by atoms with van der Waals surface area (Å²) in [7, 11) is 0. The van der Waals surface area contributed by atoms with Crippen molar-refractivity contribution in [2.24, 2.45) is 0 Å². The second-order valence-electron chi connectivity index (χ2n) is 6.42. The highest BCUT2D eigenvalue weighted by molar-refractivity contribution is 6.30. The first-order valence-electron chi connectivity index (χ1n) is 8.87. The topological polar surface area (TPSA) is 71.1 Å². The van der Waals surface area contributed by atoms with Crippen LogP contribution < -0.4 is 10.6 Å². The molecule has 0 fully saturated rings. The average Bonchev–Trinajstić information content (AvgIpc) is 2.68. The van der Waals surface area contributed by atoms with E-state index < -0.39 is 0 Å². The van der Waals surface area contributed by atoms with Crippen molar-refractivity contribution in [3.05, 3.63) is 94.3 Å². The van der Waals surface area contributed by atoms with Crippen LogP contribution in [0.3, 0.4) is 0 Å². The Kier molecular flexibility index (Phi) is 6.40. The molecule has 0 saturated carbocycles. The molecule has 6 heteroatoms. The van der Waals surface area contributed by atoms with Gasteiger partial charge in [-0.05, 0) is 54.8 Å². The summed E-state index contributed by atoms with van der Waals surface area (Å²) < 4.78 is 0. The Morgan fingerprint density at radius 1 is 0.964 bits per heavy atom. The number of nitrogens with one attached hydrogen (secondary N) is 2. The second-order valence-corrected chi connectivity index (χ2v) is 6.86. The number of anilines is 1. The van der Waals surface area contributed by atoms with Gasteiger partial charge in [0.15, 0.2) is 0 Å². The van der Waals surface area contributed by atoms with Crippen LogP contribution in [0.5, 0.6) is 0 Å². The van der Waals surface area contributed by atoms with Crippen LogP contribution in [0, 0.1) is 6.92 Å². The summed E-state index contributed by atoms with van der Waals surface area (Å²) >= 11 is 5.96. The molecule has 142 valence electrons. The molecule has 0 atom stereocenters. The molecule has 2 N–H and O–H groups in total. The maximum Gasteiger partial charge on any atom is 0.257 e. The highest BCUT2D eigenvalue weighted by atomic mass is 35.5. The molecule has 5 nitrogen and oxygen atoms in total. The Bertz CT molecular complexity index is 1000. The van der Waals surface area contributed by atoms with Gasteiger partial charge in [0, 0.05) is 29.6 Å². The van der Waals surface area contributed by atoms with Crippen LogP contribution in [-0.2, 0) is 6.42 Å². The van der Waals surface area contributed by atoms with Gasteiger partial charge in [-0.1, -0.05) is 35.9 Å². The molecule has 2 amide bonds. The molecule has 0 saturated heterocycles. The third kappa shape index (κ3) is 5.41. The molecule has 0 aliphatic rings. The number of halogens is 1. The van der Waals surface area contributed by atoms with Crippen LogP contribution in [0.2, 0.25) is 5.02 Å². The number of amides is 2. The lowest BCUT2D eigenvalue weighted by atomic mass is 10.1. The molecule has 3 rings (SSSR count). The van der Waals surface area contributed by atoms with E-state index in [9.17, 15) is 9.59 Å². The molecule has 0 aliphatic heterocycles. The van der Waals surface area contributed by atoms with Gasteiger partial charge in [-0.2, -0.15) is 0 Å². The number of rotatable bonds is 6. The minimum atomic E-state index is -0.313. The van der Waals surface area contributed by atoms with Crippen molar-refractivity contribution in [2.75, 3.05) is 11.9 Å². The van der Waals surface area contributed by atoms with Crippen molar-refractivity contribution in [3.63, 3.8) is 0 Å². The summed E-state index contributed by atoms with van der Waals surface area (Å²) in [6, 6.07) is 16.5. The second kappa shape index (κ2) is 9.15. The van der Waals surface area contributed by atoms with E-state index in [1.807, 2.05) is 55.5 Å². The summed E-state index contributed by atoms with van der Waals surface area (Å²) in [5.74, 6) is -0.591. The lowest BCUT2D eigenvalue weighted by Crippen LogP contribution is -2.26. The van der Waals surface area contributed by atoms with Crippen LogP contribution in [0.4, 0.5) is 5.69 Å². The molecular weight excluding hydrogens is 374 g/mol. The zero-order chi connectivity index (χ0) is 19.9. The Labute approximate surface area is 168 Å². The first-order valence-corrected chi connectivity index (χ1v) is 9.25. The number of benzene rings is 2. The molecule has 0 aliphatic carbocycles. The van der Waals surface area contributed by atoms with Gasteiger partial charge in [0.25, 0.3) is 11.8 Å². The molecule has 1 aromatic heterocycles. The van der Waals surface area contributed by atoms with E-state index >= 15 is 0 Å². The number of pyridine rings is 1. The van der Waals surface area contributed by atoms with E-state index in [1.54, 1.807) is 0 Å². The van der Waals surface area contributed by atoms with E-state index in [1.165, 1.54) is 18.5 Å². The molecule has 0 unspecified atom stereocenters. The van der Waals surface area contributed by atoms with Crippen molar-refractivity contribution in [3.8, 4) is 0 Å². The highest BCUT2D eigenvalue weighted by Crippen LogP contribution is 2.13. The van der Waals surface area contributed by atoms with E-state index in [0.29, 0.717) is 34.8 Å². The van der Waals surface area contributed by atoms with Gasteiger partial charge in [-0.3, -0.25) is 14.6 Å². The average molecular weight is 394 g/mol. The first-order chi connectivity index (χ1) is 13.5. The lowest BCUT2D eigenvalue weighted by molar-refractivity contribution is 0.0953. The van der Waals surface area contributed by atoms with Crippen LogP contribution in [-0.4, -0.2) is 23.3 Å². The molecule has 0 spiro atoms. The third-order valence-electron chi connectivity index (χ3n) is 4.13. The van der Waals surface area contributed by atoms with Crippen molar-refractivity contribution in [2.45, 2.75) is 13.3 Å². The summed E-state index contributed by atoms with van der Waals surface area (Å²) in [6.07, 6.45) is 3.54. The molecular formula is C22H20ClN3O2. The molecule has 0 bridgehead atoms. The van der Waals surface area contributed by atoms with Crippen LogP contribution in [0.25, 0.3) is 0 Å². The van der Waals surface area contributed by atoms with Gasteiger partial charge >= 0.3 is 0 Å². The van der Waals surface area contributed by atoms with Gasteiger partial charge < -0.3 is 10.6 Å². The van der Waals surface area contributed by atoms with Crippen LogP contribution in [0.1, 0.15) is 31.8 Å². The highest BCUT2D eigenvalue weighted by Gasteiger charge is 2.11. The Morgan fingerprint density at radius 2 is 1.71 bits per heavy atom. The van der Waals surface area contributed by atoms with Crippen molar-refractivity contribution in [1.82, 2.24) is 10.3 Å². The molecule has 0 radical (unpaired) electrons. The number of hydrogen-bond acceptors (Lipinski definition) is 3. The quantitative estimate of drug-likeness (QED) is 0.657. The minimum absolute atomic E-state index is 0.278. The maximum atomic E-state index is 12.4. The van der Waals surface area contributed by atoms with Gasteiger partial charge in [0.2, 0.25) is 0 Å². The fourth-order valence-corrected chi connectivity index (χ4v) is 2.94. The number of nitrogens with zero attached hydrogens (tertiary/aromatic N) is 1. The van der Waals surface area contributed by atoms with Gasteiger partial charge in [0.05, 0.1) is 11.1 Å². The number of carbonyl (C=O) groups is 2. The summed E-state index contributed by atoms with van der Waals surface area (Å²) in [5.41, 5.74) is 3.44. The monoisotopic (exact) mass is 393 g/mol. The largest absolute Gasteiger partial charge is 0.352 e. The smallest absolute Gasteiger partial charge is 0.257 e. The van der Waals surface area contributed by atoms with Gasteiger partial charge in [-0.15, -0.1) is 0 Å². The third-order valence-corrected chi connectivity index (χ3v) is 4.36. The lowest BCUT2D eigenvalue weighted by Gasteiger charge is -2.08. The summed E-state index contributed by atoms with van der Waals surface area (Å²) in [4.78, 5) is 28.8. The van der Waals surface area contributed by atoms with Crippen molar-refractivity contribution < 1.29 is 9.59 Å². The normalized spacial score (nSPS) is 10.4. The van der Waals surface area contributed by atoms with Gasteiger partial charge in [-0.25, -0.2) is 0 Å². The predicted octanol–water partition coefficient (Wildman–Crippen LogP) is 4.27. The minimum Gasteiger partial charge on any atom is -0.352 e. The SMILES string of the molecule is Cc1cccc(NC(=O)c2cncc(C(=O)NCCc3cccc(Cl)c3)c2)c1. The molecule has 2 aromatic carbocycles. The van der Waals surface area contributed by atoms with Crippen LogP contribution in [0.15, 0.2) is 67.0 Å². The Balaban J connectivity index is 1.60. The molecule has 1 heterocycles. The zero-order valence-corrected chi connectivity index (χ0v) is 16.2. The van der Waals surface area contributed by atoms with E-state index in [4.69, 9.17) is 11.6 Å². The Hall–Kier alpha value is -3.18. The number of carbonyl (C=O) groups excluding carboxylic acids is 2. The van der Waals surface area contributed by atoms with Crippen molar-refractivity contribution in [1.29, 1.82) is 0 Å². The number of aromatic nitrogens is 1.